The molecule has 0 aliphatic carbocycles. The summed E-state index contributed by atoms with van der Waals surface area (Å²) in [5.41, 5.74) is 3.12. The molecule has 4 nitrogen and oxygen atoms in total. The zero-order valence-corrected chi connectivity index (χ0v) is 14.7. The number of hydrogen-bond donors (Lipinski definition) is 1. The van der Waals surface area contributed by atoms with Crippen molar-refractivity contribution in [2.45, 2.75) is 26.8 Å². The van der Waals surface area contributed by atoms with Crippen molar-refractivity contribution >= 4 is 28.9 Å². The Bertz CT molecular complexity index is 796. The van der Waals surface area contributed by atoms with E-state index in [4.69, 9.17) is 16.6 Å². The van der Waals surface area contributed by atoms with Crippen LogP contribution in [0.2, 0.25) is 5.02 Å². The van der Waals surface area contributed by atoms with E-state index in [0.29, 0.717) is 5.95 Å². The molecule has 2 aromatic heterocycles. The summed E-state index contributed by atoms with van der Waals surface area (Å²) in [5.74, 6) is 0.615. The van der Waals surface area contributed by atoms with Crippen LogP contribution in [-0.2, 0) is 0 Å². The van der Waals surface area contributed by atoms with Gasteiger partial charge in [-0.1, -0.05) is 23.7 Å². The van der Waals surface area contributed by atoms with Crippen molar-refractivity contribution in [2.24, 2.45) is 0 Å². The van der Waals surface area contributed by atoms with Crippen molar-refractivity contribution in [1.82, 2.24) is 15.0 Å². The molecule has 0 spiro atoms. The first-order valence-electron chi connectivity index (χ1n) is 7.31. The lowest BCUT2D eigenvalue weighted by Crippen LogP contribution is -2.09. The summed E-state index contributed by atoms with van der Waals surface area (Å²) in [4.78, 5) is 14.5. The van der Waals surface area contributed by atoms with Gasteiger partial charge in [0.25, 0.3) is 0 Å². The van der Waals surface area contributed by atoms with E-state index >= 15 is 0 Å². The maximum absolute atomic E-state index is 5.95. The highest BCUT2D eigenvalue weighted by atomic mass is 35.5. The van der Waals surface area contributed by atoms with Crippen LogP contribution in [0, 0.1) is 13.8 Å². The molecule has 0 amide bonds. The minimum absolute atomic E-state index is 0.0439. The van der Waals surface area contributed by atoms with Gasteiger partial charge < -0.3 is 5.32 Å². The third kappa shape index (κ3) is 3.68. The van der Waals surface area contributed by atoms with E-state index in [1.165, 1.54) is 4.88 Å². The van der Waals surface area contributed by atoms with Crippen molar-refractivity contribution in [3.63, 3.8) is 0 Å². The molecular formula is C17H17ClN4S. The quantitative estimate of drug-likeness (QED) is 0.720. The monoisotopic (exact) mass is 344 g/mol. The molecule has 3 aromatic rings. The summed E-state index contributed by atoms with van der Waals surface area (Å²) in [6.45, 7) is 6.11. The zero-order valence-electron chi connectivity index (χ0n) is 13.2. The van der Waals surface area contributed by atoms with Gasteiger partial charge in [-0.3, -0.25) is 0 Å². The predicted octanol–water partition coefficient (Wildman–Crippen LogP) is 5.04. The van der Waals surface area contributed by atoms with Gasteiger partial charge in [-0.25, -0.2) is 15.0 Å². The number of nitrogens with zero attached hydrogens (tertiary/aromatic N) is 3. The van der Waals surface area contributed by atoms with E-state index < -0.39 is 0 Å². The summed E-state index contributed by atoms with van der Waals surface area (Å²) in [7, 11) is 0. The molecule has 1 aromatic carbocycles. The highest BCUT2D eigenvalue weighted by molar-refractivity contribution is 7.12. The summed E-state index contributed by atoms with van der Waals surface area (Å²) in [6, 6.07) is 7.81. The Balaban J connectivity index is 1.82. The lowest BCUT2D eigenvalue weighted by Gasteiger charge is -2.10. The van der Waals surface area contributed by atoms with Crippen LogP contribution in [0.25, 0.3) is 11.3 Å². The Hall–Kier alpha value is -1.98. The lowest BCUT2D eigenvalue weighted by atomic mass is 10.1. The van der Waals surface area contributed by atoms with Crippen molar-refractivity contribution in [2.75, 3.05) is 5.32 Å². The maximum atomic E-state index is 5.95. The molecule has 1 atom stereocenters. The molecule has 1 N–H and O–H groups in total. The second-order valence-electron chi connectivity index (χ2n) is 5.41. The number of nitrogens with one attached hydrogen (secondary N) is 1. The fourth-order valence-corrected chi connectivity index (χ4v) is 3.27. The summed E-state index contributed by atoms with van der Waals surface area (Å²) in [5, 5.41) is 5.03. The van der Waals surface area contributed by atoms with E-state index in [2.05, 4.69) is 29.1 Å². The highest BCUT2D eigenvalue weighted by Crippen LogP contribution is 2.31. The van der Waals surface area contributed by atoms with Crippen LogP contribution in [0.15, 0.2) is 36.7 Å². The SMILES string of the molecule is Cc1cnc(NC(C)c2nc(-c3ccc(Cl)cc3)c(C)s2)nc1. The van der Waals surface area contributed by atoms with Gasteiger partial charge in [-0.2, -0.15) is 0 Å². The van der Waals surface area contributed by atoms with Gasteiger partial charge in [0.1, 0.15) is 5.01 Å². The number of benzene rings is 1. The molecule has 0 aliphatic heterocycles. The van der Waals surface area contributed by atoms with Crippen molar-refractivity contribution in [3.05, 3.63) is 57.1 Å². The lowest BCUT2D eigenvalue weighted by molar-refractivity contribution is 0.848. The second-order valence-corrected chi connectivity index (χ2v) is 7.09. The minimum atomic E-state index is 0.0439. The topological polar surface area (TPSA) is 50.7 Å². The maximum Gasteiger partial charge on any atom is 0.223 e. The zero-order chi connectivity index (χ0) is 16.4. The Morgan fingerprint density at radius 3 is 2.39 bits per heavy atom. The fraction of sp³-hybridized carbons (Fsp3) is 0.235. The molecule has 1 unspecified atom stereocenters. The molecule has 0 saturated heterocycles. The van der Waals surface area contributed by atoms with Gasteiger partial charge in [0, 0.05) is 27.9 Å². The molecule has 0 aliphatic rings. The van der Waals surface area contributed by atoms with E-state index in [1.54, 1.807) is 23.7 Å². The van der Waals surface area contributed by atoms with Gasteiger partial charge in [-0.05, 0) is 38.5 Å². The molecule has 0 bridgehead atoms. The van der Waals surface area contributed by atoms with Crippen LogP contribution >= 0.6 is 22.9 Å². The van der Waals surface area contributed by atoms with E-state index in [9.17, 15) is 0 Å². The highest BCUT2D eigenvalue weighted by Gasteiger charge is 2.15. The number of hydrogen-bond acceptors (Lipinski definition) is 5. The molecule has 2 heterocycles. The van der Waals surface area contributed by atoms with Gasteiger partial charge >= 0.3 is 0 Å². The van der Waals surface area contributed by atoms with Crippen LogP contribution in [0.5, 0.6) is 0 Å². The van der Waals surface area contributed by atoms with Crippen LogP contribution < -0.4 is 5.32 Å². The Morgan fingerprint density at radius 2 is 1.74 bits per heavy atom. The number of aryl methyl sites for hydroxylation is 2. The number of thiazole rings is 1. The van der Waals surface area contributed by atoms with Crippen LogP contribution in [0.1, 0.15) is 28.4 Å². The predicted molar refractivity (Wildman–Crippen MR) is 96.1 cm³/mol. The van der Waals surface area contributed by atoms with Crippen LogP contribution in [-0.4, -0.2) is 15.0 Å². The van der Waals surface area contributed by atoms with E-state index in [-0.39, 0.29) is 6.04 Å². The smallest absolute Gasteiger partial charge is 0.223 e. The fourth-order valence-electron chi connectivity index (χ4n) is 2.20. The van der Waals surface area contributed by atoms with Gasteiger partial charge in [0.2, 0.25) is 5.95 Å². The Morgan fingerprint density at radius 1 is 1.09 bits per heavy atom. The van der Waals surface area contributed by atoms with Gasteiger partial charge in [-0.15, -0.1) is 11.3 Å². The van der Waals surface area contributed by atoms with Gasteiger partial charge in [0.15, 0.2) is 0 Å². The Labute approximate surface area is 144 Å². The first kappa shape index (κ1) is 15.9. The summed E-state index contributed by atoms with van der Waals surface area (Å²) < 4.78 is 0. The first-order chi connectivity index (χ1) is 11.0. The molecule has 6 heteroatoms. The van der Waals surface area contributed by atoms with Crippen molar-refractivity contribution < 1.29 is 0 Å². The summed E-state index contributed by atoms with van der Waals surface area (Å²) in [6.07, 6.45) is 3.60. The molecular weight excluding hydrogens is 328 g/mol. The molecule has 0 fully saturated rings. The van der Waals surface area contributed by atoms with Crippen molar-refractivity contribution in [3.8, 4) is 11.3 Å². The second kappa shape index (κ2) is 6.64. The molecule has 118 valence electrons. The van der Waals surface area contributed by atoms with E-state index in [0.717, 1.165) is 26.9 Å². The number of aromatic nitrogens is 3. The third-order valence-electron chi connectivity index (χ3n) is 3.43. The van der Waals surface area contributed by atoms with Gasteiger partial charge in [0.05, 0.1) is 11.7 Å². The molecule has 23 heavy (non-hydrogen) atoms. The van der Waals surface area contributed by atoms with Crippen LogP contribution in [0.3, 0.4) is 0 Å². The average Bonchev–Trinajstić information content (AvgIpc) is 2.92. The normalized spacial score (nSPS) is 12.2. The molecule has 3 rings (SSSR count). The van der Waals surface area contributed by atoms with Crippen LogP contribution in [0.4, 0.5) is 5.95 Å². The van der Waals surface area contributed by atoms with E-state index in [1.807, 2.05) is 31.2 Å². The Kier molecular flexibility index (Phi) is 4.59. The summed E-state index contributed by atoms with van der Waals surface area (Å²) >= 11 is 7.64. The number of rotatable bonds is 4. The largest absolute Gasteiger partial charge is 0.345 e. The number of halogens is 1. The standard InChI is InChI=1S/C17H17ClN4S/c1-10-8-19-17(20-9-10)21-11(2)16-22-15(12(3)23-16)13-4-6-14(18)7-5-13/h4-9,11H,1-3H3,(H,19,20,21). The molecule has 0 radical (unpaired) electrons. The molecule has 0 saturated carbocycles. The third-order valence-corrected chi connectivity index (χ3v) is 4.83. The number of anilines is 1. The average molecular weight is 345 g/mol. The first-order valence-corrected chi connectivity index (χ1v) is 8.51. The van der Waals surface area contributed by atoms with Crippen molar-refractivity contribution in [1.29, 1.82) is 0 Å². The minimum Gasteiger partial charge on any atom is -0.345 e.